The molecule has 3 fully saturated rings. The molecule has 0 heterocycles. The van der Waals surface area contributed by atoms with Gasteiger partial charge in [-0.2, -0.15) is 0 Å². The molecular formula is C10H20N2. The van der Waals surface area contributed by atoms with Gasteiger partial charge >= 0.3 is 0 Å². The number of fused-ring (bicyclic) bond motifs is 3. The zero-order chi connectivity index (χ0) is 8.55. The third-order valence-corrected chi connectivity index (χ3v) is 4.06. The zero-order valence-electron chi connectivity index (χ0n) is 7.71. The van der Waals surface area contributed by atoms with Gasteiger partial charge in [-0.1, -0.05) is 0 Å². The van der Waals surface area contributed by atoms with Crippen molar-refractivity contribution in [1.29, 1.82) is 0 Å². The monoisotopic (exact) mass is 168 g/mol. The van der Waals surface area contributed by atoms with Crippen molar-refractivity contribution < 1.29 is 0 Å². The van der Waals surface area contributed by atoms with Gasteiger partial charge in [-0.25, -0.2) is 0 Å². The lowest BCUT2D eigenvalue weighted by molar-refractivity contribution is 0.0492. The summed E-state index contributed by atoms with van der Waals surface area (Å²) in [6.45, 7) is 1.80. The molecule has 2 heteroatoms. The molecule has 0 aromatic rings. The van der Waals surface area contributed by atoms with E-state index in [1.54, 1.807) is 0 Å². The lowest BCUT2D eigenvalue weighted by Gasteiger charge is -2.46. The summed E-state index contributed by atoms with van der Waals surface area (Å²) < 4.78 is 0. The van der Waals surface area contributed by atoms with Crippen LogP contribution in [-0.2, 0) is 0 Å². The molecule has 3 aliphatic rings. The Bertz CT molecular complexity index is 140. The highest BCUT2D eigenvalue weighted by Crippen LogP contribution is 2.47. The van der Waals surface area contributed by atoms with Gasteiger partial charge in [0.1, 0.15) is 0 Å². The highest BCUT2D eigenvalue weighted by atomic mass is 14.6. The van der Waals surface area contributed by atoms with E-state index in [0.29, 0.717) is 0 Å². The Morgan fingerprint density at radius 2 is 1.25 bits per heavy atom. The first-order chi connectivity index (χ1) is 5.85. The van der Waals surface area contributed by atoms with Gasteiger partial charge in [-0.3, -0.25) is 0 Å². The summed E-state index contributed by atoms with van der Waals surface area (Å²) in [5.41, 5.74) is 11.5. The average molecular weight is 168 g/mol. The Morgan fingerprint density at radius 3 is 1.50 bits per heavy atom. The molecule has 4 unspecified atom stereocenters. The minimum absolute atomic E-state index is 0.826. The van der Waals surface area contributed by atoms with Gasteiger partial charge in [0.05, 0.1) is 0 Å². The third-order valence-electron chi connectivity index (χ3n) is 4.06. The van der Waals surface area contributed by atoms with Crippen molar-refractivity contribution >= 4 is 0 Å². The molecule has 70 valence electrons. The largest absolute Gasteiger partial charge is 0.330 e. The van der Waals surface area contributed by atoms with Gasteiger partial charge in [-0.05, 0) is 62.4 Å². The summed E-state index contributed by atoms with van der Waals surface area (Å²) >= 11 is 0. The minimum Gasteiger partial charge on any atom is -0.330 e. The lowest BCUT2D eigenvalue weighted by Crippen LogP contribution is -2.43. The fourth-order valence-electron chi connectivity index (χ4n) is 3.26. The van der Waals surface area contributed by atoms with E-state index in [1.165, 1.54) is 25.7 Å². The topological polar surface area (TPSA) is 52.0 Å². The number of rotatable bonds is 2. The van der Waals surface area contributed by atoms with Crippen LogP contribution in [0.15, 0.2) is 0 Å². The van der Waals surface area contributed by atoms with Crippen molar-refractivity contribution in [3.05, 3.63) is 0 Å². The van der Waals surface area contributed by atoms with Crippen LogP contribution in [0.4, 0.5) is 0 Å². The molecule has 2 nitrogen and oxygen atoms in total. The first kappa shape index (κ1) is 8.52. The highest BCUT2D eigenvalue weighted by molar-refractivity contribution is 4.91. The molecule has 4 N–H and O–H groups in total. The second kappa shape index (κ2) is 3.35. The molecule has 12 heavy (non-hydrogen) atoms. The summed E-state index contributed by atoms with van der Waals surface area (Å²) in [7, 11) is 0. The normalized spacial score (nSPS) is 46.5. The van der Waals surface area contributed by atoms with Crippen LogP contribution in [0.3, 0.4) is 0 Å². The van der Waals surface area contributed by atoms with Crippen LogP contribution in [-0.4, -0.2) is 13.1 Å². The van der Waals surface area contributed by atoms with Gasteiger partial charge < -0.3 is 11.5 Å². The first-order valence-electron chi connectivity index (χ1n) is 5.25. The van der Waals surface area contributed by atoms with Crippen LogP contribution in [0.25, 0.3) is 0 Å². The summed E-state index contributed by atoms with van der Waals surface area (Å²) in [5.74, 6) is 3.47. The SMILES string of the molecule is NCC1CC2CCC1CC2CN. The smallest absolute Gasteiger partial charge is 0.00461 e. The van der Waals surface area contributed by atoms with Gasteiger partial charge in [-0.15, -0.1) is 0 Å². The average Bonchev–Trinajstić information content (AvgIpc) is 2.18. The van der Waals surface area contributed by atoms with E-state index in [1.807, 2.05) is 0 Å². The maximum Gasteiger partial charge on any atom is -0.00461 e. The van der Waals surface area contributed by atoms with Crippen LogP contribution in [0.2, 0.25) is 0 Å². The highest BCUT2D eigenvalue weighted by Gasteiger charge is 2.39. The van der Waals surface area contributed by atoms with E-state index < -0.39 is 0 Å². The maximum absolute atomic E-state index is 5.75. The standard InChI is InChI=1S/C10H20N2/c11-5-9-4-8-2-1-7(9)3-10(8)6-12/h7-10H,1-6,11-12H2. The fraction of sp³-hybridized carbons (Fsp3) is 1.00. The van der Waals surface area contributed by atoms with E-state index in [2.05, 4.69) is 0 Å². The Labute approximate surface area is 74.7 Å². The molecule has 2 bridgehead atoms. The maximum atomic E-state index is 5.75. The minimum atomic E-state index is 0.826. The predicted molar refractivity (Wildman–Crippen MR) is 50.5 cm³/mol. The van der Waals surface area contributed by atoms with Gasteiger partial charge in [0, 0.05) is 0 Å². The van der Waals surface area contributed by atoms with Crippen LogP contribution in [0.5, 0.6) is 0 Å². The van der Waals surface area contributed by atoms with E-state index in [-0.39, 0.29) is 0 Å². The van der Waals surface area contributed by atoms with E-state index in [9.17, 15) is 0 Å². The summed E-state index contributed by atoms with van der Waals surface area (Å²) in [4.78, 5) is 0. The van der Waals surface area contributed by atoms with Crippen molar-refractivity contribution in [2.75, 3.05) is 13.1 Å². The van der Waals surface area contributed by atoms with Gasteiger partial charge in [0.15, 0.2) is 0 Å². The third kappa shape index (κ3) is 1.27. The Kier molecular flexibility index (Phi) is 2.37. The first-order valence-corrected chi connectivity index (χ1v) is 5.25. The summed E-state index contributed by atoms with van der Waals surface area (Å²) in [6.07, 6.45) is 5.57. The Hall–Kier alpha value is -0.0800. The van der Waals surface area contributed by atoms with Crippen molar-refractivity contribution in [1.82, 2.24) is 0 Å². The number of hydrogen-bond donors (Lipinski definition) is 2. The van der Waals surface area contributed by atoms with Gasteiger partial charge in [0.25, 0.3) is 0 Å². The Balaban J connectivity index is 2.01. The molecule has 0 aromatic carbocycles. The second-order valence-corrected chi connectivity index (χ2v) is 4.56. The van der Waals surface area contributed by atoms with Crippen molar-refractivity contribution in [3.8, 4) is 0 Å². The number of nitrogens with two attached hydrogens (primary N) is 2. The molecule has 0 amide bonds. The van der Waals surface area contributed by atoms with E-state index in [0.717, 1.165) is 36.8 Å². The molecule has 4 atom stereocenters. The predicted octanol–water partition coefficient (Wildman–Crippen LogP) is 0.956. The fourth-order valence-corrected chi connectivity index (χ4v) is 3.26. The zero-order valence-corrected chi connectivity index (χ0v) is 7.71. The molecule has 0 radical (unpaired) electrons. The quantitative estimate of drug-likeness (QED) is 0.645. The molecule has 3 saturated carbocycles. The molecule has 0 aliphatic heterocycles. The molecule has 3 aliphatic carbocycles. The van der Waals surface area contributed by atoms with Crippen LogP contribution in [0, 0.1) is 23.7 Å². The van der Waals surface area contributed by atoms with Crippen molar-refractivity contribution in [2.24, 2.45) is 35.1 Å². The second-order valence-electron chi connectivity index (χ2n) is 4.56. The van der Waals surface area contributed by atoms with Crippen molar-refractivity contribution in [3.63, 3.8) is 0 Å². The van der Waals surface area contributed by atoms with E-state index in [4.69, 9.17) is 11.5 Å². The van der Waals surface area contributed by atoms with Gasteiger partial charge in [0.2, 0.25) is 0 Å². The molecule has 0 spiro atoms. The van der Waals surface area contributed by atoms with Crippen LogP contribution in [0.1, 0.15) is 25.7 Å². The lowest BCUT2D eigenvalue weighted by atomic mass is 9.60. The van der Waals surface area contributed by atoms with Crippen LogP contribution >= 0.6 is 0 Å². The van der Waals surface area contributed by atoms with Crippen molar-refractivity contribution in [2.45, 2.75) is 25.7 Å². The van der Waals surface area contributed by atoms with E-state index >= 15 is 0 Å². The number of hydrogen-bond acceptors (Lipinski definition) is 2. The Morgan fingerprint density at radius 1 is 0.833 bits per heavy atom. The summed E-state index contributed by atoms with van der Waals surface area (Å²) in [5, 5.41) is 0. The molecular weight excluding hydrogens is 148 g/mol. The molecule has 3 rings (SSSR count). The summed E-state index contributed by atoms with van der Waals surface area (Å²) in [6, 6.07) is 0. The van der Waals surface area contributed by atoms with Crippen LogP contribution < -0.4 is 11.5 Å². The molecule has 0 saturated heterocycles. The molecule has 0 aromatic heterocycles.